The lowest BCUT2D eigenvalue weighted by molar-refractivity contribution is -0.344. The van der Waals surface area contributed by atoms with E-state index < -0.39 is 5.79 Å². The predicted octanol–water partition coefficient (Wildman–Crippen LogP) is 5.52. The summed E-state index contributed by atoms with van der Waals surface area (Å²) in [6, 6.07) is 0. The van der Waals surface area contributed by atoms with Crippen LogP contribution in [0.15, 0.2) is 23.8 Å². The number of hydrogen-bond acceptors (Lipinski definition) is 5. The third-order valence-electron chi connectivity index (χ3n) is 8.39. The quantitative estimate of drug-likeness (QED) is 0.421. The smallest absolute Gasteiger partial charge is 0.335 e. The second-order valence-corrected chi connectivity index (χ2v) is 12.1. The minimum atomic E-state index is -0.492. The number of esters is 1. The number of cyclic esters (lactones) is 1. The van der Waals surface area contributed by atoms with Crippen LogP contribution in [-0.4, -0.2) is 42.1 Å². The highest BCUT2D eigenvalue weighted by Gasteiger charge is 2.61. The van der Waals surface area contributed by atoms with Gasteiger partial charge in [0.15, 0.2) is 5.79 Å². The van der Waals surface area contributed by atoms with Crippen LogP contribution in [0.5, 0.6) is 0 Å². The Kier molecular flexibility index (Phi) is 5.95. The summed E-state index contributed by atoms with van der Waals surface area (Å²) >= 11 is 1.87. The van der Waals surface area contributed by atoms with Crippen molar-refractivity contribution in [2.45, 2.75) is 83.9 Å². The van der Waals surface area contributed by atoms with Crippen molar-refractivity contribution in [3.63, 3.8) is 0 Å². The third kappa shape index (κ3) is 3.69. The third-order valence-corrected chi connectivity index (χ3v) is 9.57. The Bertz CT molecular complexity index is 743. The van der Waals surface area contributed by atoms with Crippen LogP contribution >= 0.6 is 11.8 Å². The Morgan fingerprint density at radius 1 is 1.23 bits per heavy atom. The zero-order valence-corrected chi connectivity index (χ0v) is 20.1. The Morgan fingerprint density at radius 2 is 2.00 bits per heavy atom. The monoisotopic (exact) mass is 434 g/mol. The molecule has 2 heterocycles. The van der Waals surface area contributed by atoms with Crippen molar-refractivity contribution >= 4 is 17.7 Å². The first-order valence-corrected chi connectivity index (χ1v) is 12.6. The summed E-state index contributed by atoms with van der Waals surface area (Å²) < 4.78 is 17.9. The van der Waals surface area contributed by atoms with Gasteiger partial charge in [-0.3, -0.25) is 0 Å². The maximum atomic E-state index is 12.3. The second-order valence-electron chi connectivity index (χ2n) is 10.6. The van der Waals surface area contributed by atoms with Gasteiger partial charge in [-0.05, 0) is 75.0 Å². The summed E-state index contributed by atoms with van der Waals surface area (Å²) in [6.07, 6.45) is 7.64. The molecular formula is C25H38O4S. The van der Waals surface area contributed by atoms with Crippen molar-refractivity contribution in [2.75, 3.05) is 19.0 Å². The molecule has 4 nitrogen and oxygen atoms in total. The zero-order chi connectivity index (χ0) is 21.7. The number of carbonyl (C=O) groups is 1. The molecule has 0 aromatic heterocycles. The molecule has 0 aromatic carbocycles. The molecule has 6 atom stereocenters. The molecule has 1 saturated heterocycles. The molecule has 0 aromatic rings. The van der Waals surface area contributed by atoms with Gasteiger partial charge < -0.3 is 14.2 Å². The van der Waals surface area contributed by atoms with Crippen molar-refractivity contribution in [3.8, 4) is 0 Å². The molecule has 3 fully saturated rings. The van der Waals surface area contributed by atoms with E-state index in [-0.39, 0.29) is 28.2 Å². The lowest BCUT2D eigenvalue weighted by Crippen LogP contribution is -2.63. The molecule has 0 amide bonds. The standard InChI is InChI=1S/C25H38O4S/c1-7-30-19(17-11-13-27-22(17)26)14-18-16(2)8-9-20-24(18,5)12-10-21-25(20,6)15-28-23(3,4)29-21/h11,18-21H,2,7-10,12-15H2,1,3-6H3/t18-,19?,20?,21+,24+,25-/m0/s1. The lowest BCUT2D eigenvalue weighted by Gasteiger charge is -2.63. The van der Waals surface area contributed by atoms with Crippen molar-refractivity contribution in [3.05, 3.63) is 23.8 Å². The first-order valence-electron chi connectivity index (χ1n) is 11.6. The number of rotatable bonds is 5. The van der Waals surface area contributed by atoms with Crippen LogP contribution in [0.25, 0.3) is 0 Å². The summed E-state index contributed by atoms with van der Waals surface area (Å²) in [6.45, 7) is 16.8. The van der Waals surface area contributed by atoms with Crippen molar-refractivity contribution in [1.29, 1.82) is 0 Å². The molecule has 0 N–H and O–H groups in total. The van der Waals surface area contributed by atoms with E-state index >= 15 is 0 Å². The molecule has 0 radical (unpaired) electrons. The van der Waals surface area contributed by atoms with Crippen LogP contribution in [0.4, 0.5) is 0 Å². The topological polar surface area (TPSA) is 44.8 Å². The van der Waals surface area contributed by atoms with Gasteiger partial charge in [-0.25, -0.2) is 4.79 Å². The fourth-order valence-corrected chi connectivity index (χ4v) is 7.94. The molecular weight excluding hydrogens is 396 g/mol. The first kappa shape index (κ1) is 22.4. The molecule has 0 bridgehead atoms. The number of thioether (sulfide) groups is 1. The van der Waals surface area contributed by atoms with Gasteiger partial charge in [0.05, 0.1) is 12.7 Å². The largest absolute Gasteiger partial charge is 0.458 e. The van der Waals surface area contributed by atoms with Gasteiger partial charge in [0.2, 0.25) is 0 Å². The Balaban J connectivity index is 1.61. The maximum Gasteiger partial charge on any atom is 0.335 e. The second kappa shape index (κ2) is 7.97. The number of carbonyl (C=O) groups excluding carboxylic acids is 1. The van der Waals surface area contributed by atoms with Crippen LogP contribution in [0.1, 0.15) is 66.7 Å². The zero-order valence-electron chi connectivity index (χ0n) is 19.3. The Morgan fingerprint density at radius 3 is 2.67 bits per heavy atom. The molecule has 0 spiro atoms. The normalized spacial score (nSPS) is 41.5. The van der Waals surface area contributed by atoms with Crippen molar-refractivity contribution in [1.82, 2.24) is 0 Å². The van der Waals surface area contributed by atoms with Crippen LogP contribution in [0.2, 0.25) is 0 Å². The predicted molar refractivity (Wildman–Crippen MR) is 121 cm³/mol. The molecule has 2 aliphatic carbocycles. The van der Waals surface area contributed by atoms with Crippen LogP contribution in [0, 0.1) is 22.7 Å². The summed E-state index contributed by atoms with van der Waals surface area (Å²) in [5.74, 6) is 1.31. The minimum absolute atomic E-state index is 0.0282. The lowest BCUT2D eigenvalue weighted by atomic mass is 9.46. The van der Waals surface area contributed by atoms with Gasteiger partial charge in [-0.1, -0.05) is 32.9 Å². The van der Waals surface area contributed by atoms with Gasteiger partial charge in [0.25, 0.3) is 0 Å². The fraction of sp³-hybridized carbons (Fsp3) is 0.800. The van der Waals surface area contributed by atoms with Crippen LogP contribution < -0.4 is 0 Å². The molecule has 2 aliphatic heterocycles. The summed E-state index contributed by atoms with van der Waals surface area (Å²) in [5.41, 5.74) is 2.42. The Hall–Kier alpha value is -0.780. The molecule has 5 heteroatoms. The SMILES string of the molecule is C=C1CCC2[C@]3(C)COC(C)(C)O[C@@H]3CC[C@]2(C)[C@H]1CC(SCC)C1=CCOC1=O. The highest BCUT2D eigenvalue weighted by molar-refractivity contribution is 8.00. The van der Waals surface area contributed by atoms with E-state index in [1.54, 1.807) is 0 Å². The van der Waals surface area contributed by atoms with E-state index in [1.807, 2.05) is 31.7 Å². The summed E-state index contributed by atoms with van der Waals surface area (Å²) in [4.78, 5) is 12.3. The van der Waals surface area contributed by atoms with Crippen molar-refractivity contribution in [2.24, 2.45) is 22.7 Å². The molecule has 30 heavy (non-hydrogen) atoms. The molecule has 2 saturated carbocycles. The van der Waals surface area contributed by atoms with Gasteiger partial charge >= 0.3 is 5.97 Å². The molecule has 4 aliphatic rings. The van der Waals surface area contributed by atoms with E-state index in [0.717, 1.165) is 50.0 Å². The number of ether oxygens (including phenoxy) is 3. The van der Waals surface area contributed by atoms with Crippen LogP contribution in [0.3, 0.4) is 0 Å². The van der Waals surface area contributed by atoms with E-state index in [0.29, 0.717) is 18.4 Å². The highest BCUT2D eigenvalue weighted by Crippen LogP contribution is 2.64. The average Bonchev–Trinajstić information content (AvgIpc) is 3.10. The fourth-order valence-electron chi connectivity index (χ4n) is 6.84. The number of fused-ring (bicyclic) bond motifs is 3. The van der Waals surface area contributed by atoms with Gasteiger partial charge in [0, 0.05) is 16.2 Å². The first-order chi connectivity index (χ1) is 14.1. The van der Waals surface area contributed by atoms with Crippen molar-refractivity contribution < 1.29 is 19.0 Å². The number of allylic oxidation sites excluding steroid dienone is 1. The summed E-state index contributed by atoms with van der Waals surface area (Å²) in [7, 11) is 0. The molecule has 168 valence electrons. The van der Waals surface area contributed by atoms with E-state index in [2.05, 4.69) is 27.4 Å². The van der Waals surface area contributed by atoms with E-state index in [1.165, 1.54) is 5.57 Å². The number of hydrogen-bond donors (Lipinski definition) is 0. The Labute approximate surface area is 186 Å². The van der Waals surface area contributed by atoms with Crippen LogP contribution in [-0.2, 0) is 19.0 Å². The molecule has 4 rings (SSSR count). The minimum Gasteiger partial charge on any atom is -0.458 e. The molecule has 2 unspecified atom stereocenters. The van der Waals surface area contributed by atoms with Gasteiger partial charge in [-0.15, -0.1) is 0 Å². The maximum absolute atomic E-state index is 12.3. The van der Waals surface area contributed by atoms with E-state index in [4.69, 9.17) is 14.2 Å². The summed E-state index contributed by atoms with van der Waals surface area (Å²) in [5, 5.41) is 0.186. The highest BCUT2D eigenvalue weighted by atomic mass is 32.2. The average molecular weight is 435 g/mol. The van der Waals surface area contributed by atoms with Gasteiger partial charge in [-0.2, -0.15) is 11.8 Å². The van der Waals surface area contributed by atoms with E-state index in [9.17, 15) is 4.79 Å². The van der Waals surface area contributed by atoms with Gasteiger partial charge in [0.1, 0.15) is 6.61 Å².